The molecule has 2 aromatic carbocycles. The second-order valence-electron chi connectivity index (χ2n) is 8.98. The molecule has 150 valence electrons. The number of benzene rings is 2. The Morgan fingerprint density at radius 3 is 2.28 bits per heavy atom. The van der Waals surface area contributed by atoms with Gasteiger partial charge >= 0.3 is 0 Å². The van der Waals surface area contributed by atoms with E-state index in [1.807, 2.05) is 26.8 Å². The number of Topliss-reactive ketones (excluding diaryl/α,β-unsaturated/α-hetero) is 1. The second-order valence-corrected chi connectivity index (χ2v) is 9.41. The van der Waals surface area contributed by atoms with Gasteiger partial charge in [0.05, 0.1) is 11.1 Å². The lowest BCUT2D eigenvalue weighted by molar-refractivity contribution is -0.131. The first-order chi connectivity index (χ1) is 13.6. The zero-order chi connectivity index (χ0) is 21.0. The van der Waals surface area contributed by atoms with Crippen LogP contribution in [0.25, 0.3) is 0 Å². The van der Waals surface area contributed by atoms with Crippen molar-refractivity contribution < 1.29 is 14.4 Å². The molecule has 5 heteroatoms. The smallest absolute Gasteiger partial charge is 0.231 e. The molecule has 1 N–H and O–H groups in total. The van der Waals surface area contributed by atoms with Gasteiger partial charge in [-0.1, -0.05) is 62.7 Å². The Kier molecular flexibility index (Phi) is 4.47. The van der Waals surface area contributed by atoms with E-state index in [2.05, 4.69) is 5.32 Å². The van der Waals surface area contributed by atoms with Crippen molar-refractivity contribution in [3.63, 3.8) is 0 Å². The zero-order valence-electron chi connectivity index (χ0n) is 16.8. The number of ketones is 2. The van der Waals surface area contributed by atoms with Crippen molar-refractivity contribution in [2.24, 2.45) is 16.2 Å². The van der Waals surface area contributed by atoms with E-state index in [1.165, 1.54) is 0 Å². The predicted octanol–water partition coefficient (Wildman–Crippen LogP) is 5.30. The van der Waals surface area contributed by atoms with Gasteiger partial charge in [0.25, 0.3) is 0 Å². The molecular formula is C24H24ClNO3. The van der Waals surface area contributed by atoms with E-state index >= 15 is 0 Å². The summed E-state index contributed by atoms with van der Waals surface area (Å²) < 4.78 is 0. The van der Waals surface area contributed by atoms with Crippen LogP contribution in [-0.4, -0.2) is 17.5 Å². The van der Waals surface area contributed by atoms with Crippen LogP contribution in [0.3, 0.4) is 0 Å². The van der Waals surface area contributed by atoms with E-state index in [-0.39, 0.29) is 23.9 Å². The lowest BCUT2D eigenvalue weighted by atomic mass is 9.64. The number of carbonyl (C=O) groups is 3. The average Bonchev–Trinajstić information content (AvgIpc) is 3.00. The Hall–Kier alpha value is -2.46. The van der Waals surface area contributed by atoms with Crippen LogP contribution in [0.5, 0.6) is 0 Å². The summed E-state index contributed by atoms with van der Waals surface area (Å²) in [6, 6.07) is 13.8. The minimum Gasteiger partial charge on any atom is -0.325 e. The Bertz CT molecular complexity index is 1030. The fraction of sp³-hybridized carbons (Fsp3) is 0.375. The summed E-state index contributed by atoms with van der Waals surface area (Å²) in [5.41, 5.74) is -0.397. The van der Waals surface area contributed by atoms with Gasteiger partial charge in [-0.05, 0) is 36.5 Å². The molecule has 0 unspecified atom stereocenters. The minimum atomic E-state index is -0.758. The van der Waals surface area contributed by atoms with Crippen molar-refractivity contribution in [3.8, 4) is 0 Å². The van der Waals surface area contributed by atoms with Crippen LogP contribution < -0.4 is 5.32 Å². The van der Waals surface area contributed by atoms with Gasteiger partial charge in [-0.15, -0.1) is 0 Å². The van der Waals surface area contributed by atoms with Gasteiger partial charge in [0.15, 0.2) is 5.78 Å². The molecule has 2 saturated carbocycles. The number of amides is 1. The van der Waals surface area contributed by atoms with Crippen LogP contribution in [0.1, 0.15) is 56.0 Å². The lowest BCUT2D eigenvalue weighted by Gasteiger charge is -2.38. The molecule has 0 radical (unpaired) electrons. The van der Waals surface area contributed by atoms with Crippen LogP contribution in [0.4, 0.5) is 5.69 Å². The molecule has 0 saturated heterocycles. The van der Waals surface area contributed by atoms with E-state index in [4.69, 9.17) is 11.6 Å². The summed E-state index contributed by atoms with van der Waals surface area (Å²) in [6.45, 7) is 6.01. The van der Waals surface area contributed by atoms with Crippen LogP contribution in [0.15, 0.2) is 48.5 Å². The molecule has 1 amide bonds. The maximum absolute atomic E-state index is 13.5. The molecule has 0 heterocycles. The molecule has 0 spiro atoms. The third-order valence-corrected chi connectivity index (χ3v) is 7.89. The SMILES string of the molecule is CC1(C)[C@]2(C(=O)Nc3ccc(Cl)cc3C(=O)c3ccccc3)CC[C@@]1(C)C(=O)C2. The number of hydrogen-bond acceptors (Lipinski definition) is 3. The minimum absolute atomic E-state index is 0.153. The normalized spacial score (nSPS) is 27.1. The van der Waals surface area contributed by atoms with E-state index < -0.39 is 16.2 Å². The molecule has 2 atom stereocenters. The molecule has 2 fully saturated rings. The van der Waals surface area contributed by atoms with Crippen molar-refractivity contribution in [2.45, 2.75) is 40.0 Å². The molecule has 0 aliphatic heterocycles. The third kappa shape index (κ3) is 2.69. The number of rotatable bonds is 4. The van der Waals surface area contributed by atoms with Crippen molar-refractivity contribution in [1.82, 2.24) is 0 Å². The van der Waals surface area contributed by atoms with Gasteiger partial charge in [0.2, 0.25) is 5.91 Å². The largest absolute Gasteiger partial charge is 0.325 e. The molecule has 2 bridgehead atoms. The highest BCUT2D eigenvalue weighted by Crippen LogP contribution is 2.70. The fourth-order valence-corrected chi connectivity index (χ4v) is 5.33. The number of carbonyl (C=O) groups excluding carboxylic acids is 3. The first-order valence-corrected chi connectivity index (χ1v) is 10.2. The quantitative estimate of drug-likeness (QED) is 0.697. The first-order valence-electron chi connectivity index (χ1n) is 9.86. The fourth-order valence-electron chi connectivity index (χ4n) is 5.16. The summed E-state index contributed by atoms with van der Waals surface area (Å²) in [5, 5.41) is 3.39. The van der Waals surface area contributed by atoms with Gasteiger partial charge in [-0.2, -0.15) is 0 Å². The molecule has 0 aromatic heterocycles. The molecule has 2 aromatic rings. The topological polar surface area (TPSA) is 63.2 Å². The molecule has 29 heavy (non-hydrogen) atoms. The summed E-state index contributed by atoms with van der Waals surface area (Å²) in [7, 11) is 0. The maximum Gasteiger partial charge on any atom is 0.231 e. The molecule has 4 rings (SSSR count). The number of nitrogens with one attached hydrogen (secondary N) is 1. The number of halogens is 1. The summed E-state index contributed by atoms with van der Waals surface area (Å²) >= 11 is 6.15. The van der Waals surface area contributed by atoms with Gasteiger partial charge in [-0.3, -0.25) is 14.4 Å². The maximum atomic E-state index is 13.5. The Morgan fingerprint density at radius 1 is 1.00 bits per heavy atom. The molecule has 2 aliphatic rings. The number of anilines is 1. The number of fused-ring (bicyclic) bond motifs is 2. The lowest BCUT2D eigenvalue weighted by Crippen LogP contribution is -2.43. The van der Waals surface area contributed by atoms with E-state index in [9.17, 15) is 14.4 Å². The van der Waals surface area contributed by atoms with Crippen LogP contribution in [-0.2, 0) is 9.59 Å². The van der Waals surface area contributed by atoms with Crippen LogP contribution >= 0.6 is 11.6 Å². The third-order valence-electron chi connectivity index (χ3n) is 7.65. The molecular weight excluding hydrogens is 386 g/mol. The Morgan fingerprint density at radius 2 is 1.69 bits per heavy atom. The number of hydrogen-bond donors (Lipinski definition) is 1. The van der Waals surface area contributed by atoms with Crippen molar-refractivity contribution in [1.29, 1.82) is 0 Å². The molecule has 2 aliphatic carbocycles. The van der Waals surface area contributed by atoms with Crippen molar-refractivity contribution in [3.05, 3.63) is 64.7 Å². The van der Waals surface area contributed by atoms with E-state index in [0.717, 1.165) is 0 Å². The first kappa shape index (κ1) is 19.8. The highest BCUT2D eigenvalue weighted by molar-refractivity contribution is 6.31. The summed E-state index contributed by atoms with van der Waals surface area (Å²) in [5.74, 6) is -0.249. The Labute approximate surface area is 175 Å². The van der Waals surface area contributed by atoms with Gasteiger partial charge < -0.3 is 5.32 Å². The van der Waals surface area contributed by atoms with Gasteiger partial charge in [0.1, 0.15) is 5.78 Å². The highest BCUT2D eigenvalue weighted by Gasteiger charge is 2.72. The predicted molar refractivity (Wildman–Crippen MR) is 113 cm³/mol. The monoisotopic (exact) mass is 409 g/mol. The van der Waals surface area contributed by atoms with Gasteiger partial charge in [0, 0.05) is 28.0 Å². The second kappa shape index (κ2) is 6.53. The van der Waals surface area contributed by atoms with Crippen molar-refractivity contribution >= 4 is 34.8 Å². The summed E-state index contributed by atoms with van der Waals surface area (Å²) in [6.07, 6.45) is 1.63. The van der Waals surface area contributed by atoms with Gasteiger partial charge in [-0.25, -0.2) is 0 Å². The standard InChI is InChI=1S/C24H24ClNO3/c1-22(2)23(3)11-12-24(22,14-19(23)27)21(29)26-18-10-9-16(25)13-17(18)20(28)15-7-5-4-6-8-15/h4-10,13H,11-12,14H2,1-3H3,(H,26,29)/t23-,24+/m0/s1. The van der Waals surface area contributed by atoms with Crippen LogP contribution in [0.2, 0.25) is 5.02 Å². The highest BCUT2D eigenvalue weighted by atomic mass is 35.5. The van der Waals surface area contributed by atoms with Crippen LogP contribution in [0, 0.1) is 16.2 Å². The molecule has 4 nitrogen and oxygen atoms in total. The van der Waals surface area contributed by atoms with Crippen molar-refractivity contribution in [2.75, 3.05) is 5.32 Å². The zero-order valence-corrected chi connectivity index (χ0v) is 17.6. The van der Waals surface area contributed by atoms with E-state index in [1.54, 1.807) is 42.5 Å². The Balaban J connectivity index is 1.70. The summed E-state index contributed by atoms with van der Waals surface area (Å²) in [4.78, 5) is 39.2. The average molecular weight is 410 g/mol. The van der Waals surface area contributed by atoms with E-state index in [0.29, 0.717) is 34.7 Å².